The molecule has 0 saturated heterocycles. The number of allylic oxidation sites excluding steroid dienone is 1. The predicted molar refractivity (Wildman–Crippen MR) is 119 cm³/mol. The van der Waals surface area contributed by atoms with Gasteiger partial charge in [-0.05, 0) is 31.5 Å². The molecule has 0 spiro atoms. The predicted octanol–water partition coefficient (Wildman–Crippen LogP) is 4.49. The molecule has 2 aromatic rings. The van der Waals surface area contributed by atoms with Gasteiger partial charge in [0.25, 0.3) is 0 Å². The van der Waals surface area contributed by atoms with Crippen molar-refractivity contribution in [1.29, 1.82) is 0 Å². The van der Waals surface area contributed by atoms with Gasteiger partial charge in [0.15, 0.2) is 11.6 Å². The lowest BCUT2D eigenvalue weighted by atomic mass is 9.83. The van der Waals surface area contributed by atoms with E-state index in [0.717, 1.165) is 17.2 Å². The minimum atomic E-state index is -0.981. The number of rotatable bonds is 3. The molecular weight excluding hydrogens is 396 g/mol. The molecule has 1 aliphatic rings. The van der Waals surface area contributed by atoms with E-state index in [9.17, 15) is 19.2 Å². The molecule has 0 fully saturated rings. The molecule has 0 bridgehead atoms. The van der Waals surface area contributed by atoms with Gasteiger partial charge in [-0.25, -0.2) is 9.59 Å². The van der Waals surface area contributed by atoms with Crippen LogP contribution in [0.5, 0.6) is 0 Å². The average molecular weight is 420 g/mol. The molecule has 0 amide bonds. The van der Waals surface area contributed by atoms with Crippen LogP contribution in [0, 0.1) is 0 Å². The number of ketones is 2. The van der Waals surface area contributed by atoms with Crippen molar-refractivity contribution < 1.29 is 29.0 Å². The molecule has 0 heterocycles. The SMILES string of the molecule is C=C(C)C(=O)OC.C=C(C)c1ccc2c(c1)C(=O)c1ccccc1C2=O.C=CC(=O)O. The second kappa shape index (κ2) is 11.2. The number of hydrogen-bond acceptors (Lipinski definition) is 5. The molecule has 1 aliphatic carbocycles. The molecular formula is C25H24O6. The first-order chi connectivity index (χ1) is 14.5. The summed E-state index contributed by atoms with van der Waals surface area (Å²) in [6.45, 7) is 13.7. The number of carbonyl (C=O) groups is 4. The molecule has 0 aliphatic heterocycles. The van der Waals surface area contributed by atoms with E-state index in [1.165, 1.54) is 7.11 Å². The summed E-state index contributed by atoms with van der Waals surface area (Å²) in [5.41, 5.74) is 4.13. The van der Waals surface area contributed by atoms with Crippen LogP contribution < -0.4 is 0 Å². The monoisotopic (exact) mass is 420 g/mol. The van der Waals surface area contributed by atoms with Crippen molar-refractivity contribution in [3.05, 3.63) is 102 Å². The summed E-state index contributed by atoms with van der Waals surface area (Å²) in [6.07, 6.45) is 0.833. The number of aliphatic carboxylic acids is 1. The molecule has 3 rings (SSSR count). The van der Waals surface area contributed by atoms with E-state index >= 15 is 0 Å². The van der Waals surface area contributed by atoms with Crippen LogP contribution in [0.4, 0.5) is 0 Å². The fourth-order valence-corrected chi connectivity index (χ4v) is 2.54. The summed E-state index contributed by atoms with van der Waals surface area (Å²) in [5, 5.41) is 7.60. The molecule has 0 aromatic heterocycles. The highest BCUT2D eigenvalue weighted by Crippen LogP contribution is 2.29. The van der Waals surface area contributed by atoms with Crippen LogP contribution in [-0.2, 0) is 14.3 Å². The normalized spacial score (nSPS) is 10.7. The Labute approximate surface area is 181 Å². The summed E-state index contributed by atoms with van der Waals surface area (Å²) in [4.78, 5) is 44.2. The van der Waals surface area contributed by atoms with Crippen LogP contribution in [0.25, 0.3) is 5.57 Å². The van der Waals surface area contributed by atoms with Gasteiger partial charge < -0.3 is 9.84 Å². The Bertz CT molecular complexity index is 1080. The second-order valence-electron chi connectivity index (χ2n) is 6.56. The minimum Gasteiger partial charge on any atom is -0.478 e. The van der Waals surface area contributed by atoms with Crippen molar-refractivity contribution in [1.82, 2.24) is 0 Å². The van der Waals surface area contributed by atoms with E-state index in [-0.39, 0.29) is 17.5 Å². The van der Waals surface area contributed by atoms with E-state index in [1.54, 1.807) is 43.3 Å². The number of methoxy groups -OCH3 is 1. The number of fused-ring (bicyclic) bond motifs is 2. The van der Waals surface area contributed by atoms with Crippen molar-refractivity contribution in [3.8, 4) is 0 Å². The van der Waals surface area contributed by atoms with E-state index in [0.29, 0.717) is 27.8 Å². The number of esters is 1. The highest BCUT2D eigenvalue weighted by atomic mass is 16.5. The smallest absolute Gasteiger partial charge is 0.332 e. The van der Waals surface area contributed by atoms with Crippen LogP contribution in [-0.4, -0.2) is 35.7 Å². The van der Waals surface area contributed by atoms with Gasteiger partial charge in [-0.3, -0.25) is 9.59 Å². The third-order valence-electron chi connectivity index (χ3n) is 4.13. The zero-order valence-electron chi connectivity index (χ0n) is 17.7. The maximum Gasteiger partial charge on any atom is 0.332 e. The van der Waals surface area contributed by atoms with Crippen LogP contribution in [0.2, 0.25) is 0 Å². The molecule has 160 valence electrons. The van der Waals surface area contributed by atoms with Gasteiger partial charge in [-0.2, -0.15) is 0 Å². The Morgan fingerprint density at radius 3 is 1.71 bits per heavy atom. The first-order valence-electron chi connectivity index (χ1n) is 9.12. The fourth-order valence-electron chi connectivity index (χ4n) is 2.54. The Morgan fingerprint density at radius 2 is 1.35 bits per heavy atom. The number of ether oxygens (including phenoxy) is 1. The first kappa shape index (κ1) is 25.0. The van der Waals surface area contributed by atoms with Crippen molar-refractivity contribution >= 4 is 29.1 Å². The van der Waals surface area contributed by atoms with Crippen molar-refractivity contribution in [2.24, 2.45) is 0 Å². The third-order valence-corrected chi connectivity index (χ3v) is 4.13. The van der Waals surface area contributed by atoms with Gasteiger partial charge in [0.2, 0.25) is 0 Å². The summed E-state index contributed by atoms with van der Waals surface area (Å²) in [7, 11) is 1.33. The maximum atomic E-state index is 12.4. The van der Waals surface area contributed by atoms with Crippen LogP contribution in [0.15, 0.2) is 73.9 Å². The maximum absolute atomic E-state index is 12.4. The van der Waals surface area contributed by atoms with Gasteiger partial charge in [-0.1, -0.05) is 55.6 Å². The van der Waals surface area contributed by atoms with E-state index < -0.39 is 5.97 Å². The first-order valence-corrected chi connectivity index (χ1v) is 9.12. The van der Waals surface area contributed by atoms with Crippen LogP contribution in [0.3, 0.4) is 0 Å². The Morgan fingerprint density at radius 1 is 0.903 bits per heavy atom. The minimum absolute atomic E-state index is 0.0848. The number of benzene rings is 2. The Kier molecular flexibility index (Phi) is 9.03. The van der Waals surface area contributed by atoms with Gasteiger partial charge in [-0.15, -0.1) is 0 Å². The topological polar surface area (TPSA) is 97.7 Å². The molecule has 0 unspecified atom stereocenters. The second-order valence-corrected chi connectivity index (χ2v) is 6.56. The third kappa shape index (κ3) is 6.47. The molecule has 0 atom stereocenters. The molecule has 1 N–H and O–H groups in total. The number of hydrogen-bond donors (Lipinski definition) is 1. The number of carboxylic acid groups (broad SMARTS) is 1. The van der Waals surface area contributed by atoms with Crippen molar-refractivity contribution in [2.75, 3.05) is 7.11 Å². The molecule has 0 saturated carbocycles. The molecule has 0 radical (unpaired) electrons. The highest BCUT2D eigenvalue weighted by molar-refractivity contribution is 6.28. The molecule has 6 nitrogen and oxygen atoms in total. The molecule has 31 heavy (non-hydrogen) atoms. The van der Waals surface area contributed by atoms with Crippen LogP contribution in [0.1, 0.15) is 51.3 Å². The quantitative estimate of drug-likeness (QED) is 0.495. The van der Waals surface area contributed by atoms with Crippen molar-refractivity contribution in [3.63, 3.8) is 0 Å². The summed E-state index contributed by atoms with van der Waals surface area (Å²) >= 11 is 0. The molecule has 2 aromatic carbocycles. The zero-order valence-corrected chi connectivity index (χ0v) is 17.7. The standard InChI is InChI=1S/C17H12O2.C5H8O2.C3H4O2/c1-10(2)11-7-8-14-15(9-11)17(19)13-6-4-3-5-12(13)16(14)18;1-4(2)5(6)7-3;1-2-3(4)5/h3-9H,1H2,2H3;1H2,2-3H3;2H,1H2,(H,4,5). The Hall–Kier alpha value is -4.06. The van der Waals surface area contributed by atoms with Gasteiger partial charge in [0.1, 0.15) is 0 Å². The summed E-state index contributed by atoms with van der Waals surface area (Å²) in [5.74, 6) is -1.50. The van der Waals surface area contributed by atoms with Crippen LogP contribution >= 0.6 is 0 Å². The lowest BCUT2D eigenvalue weighted by Gasteiger charge is -2.18. The number of carbonyl (C=O) groups excluding carboxylic acids is 3. The number of carboxylic acids is 1. The Balaban J connectivity index is 0.000000334. The lowest BCUT2D eigenvalue weighted by molar-refractivity contribution is -0.136. The molecule has 6 heteroatoms. The highest BCUT2D eigenvalue weighted by Gasteiger charge is 2.29. The van der Waals surface area contributed by atoms with E-state index in [1.807, 2.05) is 13.0 Å². The van der Waals surface area contributed by atoms with Gasteiger partial charge in [0, 0.05) is 33.9 Å². The largest absolute Gasteiger partial charge is 0.478 e. The van der Waals surface area contributed by atoms with E-state index in [2.05, 4.69) is 24.5 Å². The fraction of sp³-hybridized carbons (Fsp3) is 0.120. The van der Waals surface area contributed by atoms with Crippen molar-refractivity contribution in [2.45, 2.75) is 13.8 Å². The lowest BCUT2D eigenvalue weighted by Crippen LogP contribution is -2.20. The average Bonchev–Trinajstić information content (AvgIpc) is 2.77. The van der Waals surface area contributed by atoms with Gasteiger partial charge >= 0.3 is 11.9 Å². The summed E-state index contributed by atoms with van der Waals surface area (Å²) < 4.78 is 4.27. The van der Waals surface area contributed by atoms with E-state index in [4.69, 9.17) is 5.11 Å². The van der Waals surface area contributed by atoms with Gasteiger partial charge in [0.05, 0.1) is 7.11 Å². The zero-order chi connectivity index (χ0) is 23.7. The summed E-state index contributed by atoms with van der Waals surface area (Å²) in [6, 6.07) is 12.3.